The van der Waals surface area contributed by atoms with Crippen molar-refractivity contribution in [2.45, 2.75) is 31.7 Å². The molecule has 1 amide bonds. The molecule has 0 radical (unpaired) electrons. The molecular formula is C24H21F2N3O2. The molecule has 2 aliphatic heterocycles. The Morgan fingerprint density at radius 3 is 2.65 bits per heavy atom. The highest BCUT2D eigenvalue weighted by atomic mass is 19.2. The Labute approximate surface area is 178 Å². The highest BCUT2D eigenvalue weighted by Gasteiger charge is 2.42. The predicted octanol–water partition coefficient (Wildman–Crippen LogP) is 3.93. The summed E-state index contributed by atoms with van der Waals surface area (Å²) >= 11 is 0. The fourth-order valence-corrected chi connectivity index (χ4v) is 4.33. The van der Waals surface area contributed by atoms with Gasteiger partial charge in [0.2, 0.25) is 5.91 Å². The number of hydrogen-bond acceptors (Lipinski definition) is 4. The molecule has 1 fully saturated rings. The second kappa shape index (κ2) is 8.07. The van der Waals surface area contributed by atoms with Gasteiger partial charge in [-0.15, -0.1) is 0 Å². The van der Waals surface area contributed by atoms with Crippen molar-refractivity contribution < 1.29 is 18.3 Å². The van der Waals surface area contributed by atoms with Gasteiger partial charge in [0.1, 0.15) is 11.9 Å². The smallest absolute Gasteiger partial charge is 0.244 e. The maximum absolute atomic E-state index is 13.7. The molecule has 31 heavy (non-hydrogen) atoms. The Kier molecular flexibility index (Phi) is 5.11. The van der Waals surface area contributed by atoms with Gasteiger partial charge in [-0.25, -0.2) is 8.78 Å². The van der Waals surface area contributed by atoms with E-state index in [1.807, 2.05) is 47.4 Å². The van der Waals surface area contributed by atoms with E-state index in [9.17, 15) is 13.6 Å². The normalized spacial score (nSPS) is 20.7. The monoisotopic (exact) mass is 421 g/mol. The molecule has 2 unspecified atom stereocenters. The Morgan fingerprint density at radius 1 is 1.00 bits per heavy atom. The summed E-state index contributed by atoms with van der Waals surface area (Å²) in [6, 6.07) is 16.5. The van der Waals surface area contributed by atoms with Crippen molar-refractivity contribution in [3.05, 3.63) is 89.8 Å². The number of ether oxygens (including phenoxy) is 1. The van der Waals surface area contributed by atoms with E-state index in [-0.39, 0.29) is 12.0 Å². The Balaban J connectivity index is 1.48. The number of para-hydroxylation sites is 2. The van der Waals surface area contributed by atoms with Crippen molar-refractivity contribution >= 4 is 11.6 Å². The van der Waals surface area contributed by atoms with Gasteiger partial charge in [-0.3, -0.25) is 14.7 Å². The van der Waals surface area contributed by atoms with Crippen molar-refractivity contribution in [1.82, 2.24) is 9.88 Å². The molecule has 7 heteroatoms. The average molecular weight is 421 g/mol. The molecule has 2 aliphatic rings. The van der Waals surface area contributed by atoms with Gasteiger partial charge >= 0.3 is 0 Å². The molecule has 0 N–H and O–H groups in total. The molecule has 1 aromatic heterocycles. The summed E-state index contributed by atoms with van der Waals surface area (Å²) < 4.78 is 33.3. The third-order valence-corrected chi connectivity index (χ3v) is 5.78. The van der Waals surface area contributed by atoms with Crippen LogP contribution in [0.3, 0.4) is 0 Å². The lowest BCUT2D eigenvalue weighted by molar-refractivity contribution is -0.123. The number of amides is 1. The number of anilines is 1. The number of rotatable bonds is 4. The number of likely N-dealkylation sites (tertiary alicyclic amines) is 1. The number of hydrogen-bond donors (Lipinski definition) is 0. The number of halogens is 2. The van der Waals surface area contributed by atoms with Crippen LogP contribution in [0.4, 0.5) is 14.5 Å². The molecule has 2 aromatic carbocycles. The molecule has 3 aromatic rings. The molecule has 0 aliphatic carbocycles. The first-order valence-electron chi connectivity index (χ1n) is 10.2. The van der Waals surface area contributed by atoms with Crippen molar-refractivity contribution in [3.63, 3.8) is 0 Å². The molecule has 158 valence electrons. The minimum Gasteiger partial charge on any atom is -0.487 e. The first-order valence-corrected chi connectivity index (χ1v) is 10.2. The van der Waals surface area contributed by atoms with Crippen LogP contribution in [0.25, 0.3) is 0 Å². The minimum atomic E-state index is -0.888. The van der Waals surface area contributed by atoms with Crippen LogP contribution in [-0.2, 0) is 17.9 Å². The minimum absolute atomic E-state index is 0.0495. The van der Waals surface area contributed by atoms with Crippen LogP contribution >= 0.6 is 0 Å². The van der Waals surface area contributed by atoms with Crippen LogP contribution in [0, 0.1) is 11.6 Å². The van der Waals surface area contributed by atoms with Crippen LogP contribution in [0.2, 0.25) is 0 Å². The number of fused-ring (bicyclic) bond motifs is 3. The standard InChI is InChI=1S/C24H21F2N3O2/c25-19-9-8-16(11-20(19)26)13-28-15-18-12-22(28)24(30)29(14-17-5-3-4-10-27-17)21-6-1-2-7-23(21)31-18/h1-11,18,22H,12-15H2. The zero-order valence-electron chi connectivity index (χ0n) is 16.7. The Morgan fingerprint density at radius 2 is 1.84 bits per heavy atom. The third-order valence-electron chi connectivity index (χ3n) is 5.78. The van der Waals surface area contributed by atoms with Crippen LogP contribution < -0.4 is 9.64 Å². The molecular weight excluding hydrogens is 400 g/mol. The summed E-state index contributed by atoms with van der Waals surface area (Å²) in [4.78, 5) is 21.8. The summed E-state index contributed by atoms with van der Waals surface area (Å²) in [6.07, 6.45) is 2.08. The van der Waals surface area contributed by atoms with Crippen LogP contribution in [-0.4, -0.2) is 34.5 Å². The lowest BCUT2D eigenvalue weighted by atomic mass is 10.1. The van der Waals surface area contributed by atoms with E-state index < -0.39 is 17.7 Å². The van der Waals surface area contributed by atoms with Gasteiger partial charge < -0.3 is 9.64 Å². The molecule has 3 heterocycles. The van der Waals surface area contributed by atoms with E-state index in [4.69, 9.17) is 4.74 Å². The maximum atomic E-state index is 13.7. The second-order valence-electron chi connectivity index (χ2n) is 7.88. The fraction of sp³-hybridized carbons (Fsp3) is 0.250. The van der Waals surface area contributed by atoms with Crippen LogP contribution in [0.5, 0.6) is 5.75 Å². The van der Waals surface area contributed by atoms with E-state index in [2.05, 4.69) is 4.98 Å². The van der Waals surface area contributed by atoms with Gasteiger partial charge in [0.25, 0.3) is 0 Å². The van der Waals surface area contributed by atoms with Gasteiger partial charge in [0.05, 0.1) is 24.0 Å². The zero-order valence-corrected chi connectivity index (χ0v) is 16.7. The first kappa shape index (κ1) is 19.6. The van der Waals surface area contributed by atoms with Crippen molar-refractivity contribution in [2.75, 3.05) is 11.4 Å². The fourth-order valence-electron chi connectivity index (χ4n) is 4.33. The van der Waals surface area contributed by atoms with Gasteiger partial charge in [0.15, 0.2) is 11.6 Å². The zero-order chi connectivity index (χ0) is 21.4. The Hall–Kier alpha value is -3.32. The highest BCUT2D eigenvalue weighted by Crippen LogP contribution is 2.37. The average Bonchev–Trinajstić information content (AvgIpc) is 3.18. The molecule has 0 saturated carbocycles. The van der Waals surface area contributed by atoms with Crippen LogP contribution in [0.15, 0.2) is 66.9 Å². The first-order chi connectivity index (χ1) is 15.1. The van der Waals surface area contributed by atoms with Crippen molar-refractivity contribution in [1.29, 1.82) is 0 Å². The van der Waals surface area contributed by atoms with Gasteiger partial charge in [-0.2, -0.15) is 0 Å². The van der Waals surface area contributed by atoms with Crippen LogP contribution in [0.1, 0.15) is 17.7 Å². The van der Waals surface area contributed by atoms with E-state index in [0.717, 1.165) is 11.8 Å². The molecule has 2 bridgehead atoms. The van der Waals surface area contributed by atoms with E-state index in [0.29, 0.717) is 43.1 Å². The second-order valence-corrected chi connectivity index (χ2v) is 7.88. The number of nitrogens with zero attached hydrogens (tertiary/aromatic N) is 3. The number of carbonyl (C=O) groups is 1. The Bertz CT molecular complexity index is 1110. The number of aromatic nitrogens is 1. The molecule has 5 nitrogen and oxygen atoms in total. The lowest BCUT2D eigenvalue weighted by Gasteiger charge is -2.31. The third kappa shape index (κ3) is 3.88. The van der Waals surface area contributed by atoms with Gasteiger partial charge in [-0.05, 0) is 42.0 Å². The van der Waals surface area contributed by atoms with Crippen molar-refractivity contribution in [2.24, 2.45) is 0 Å². The largest absolute Gasteiger partial charge is 0.487 e. The predicted molar refractivity (Wildman–Crippen MR) is 111 cm³/mol. The summed E-state index contributed by atoms with van der Waals surface area (Å²) in [7, 11) is 0. The summed E-state index contributed by atoms with van der Waals surface area (Å²) in [5.41, 5.74) is 2.10. The molecule has 1 saturated heterocycles. The number of benzene rings is 2. The van der Waals surface area contributed by atoms with E-state index in [1.165, 1.54) is 6.07 Å². The lowest BCUT2D eigenvalue weighted by Crippen LogP contribution is -2.45. The topological polar surface area (TPSA) is 45.7 Å². The van der Waals surface area contributed by atoms with Gasteiger partial charge in [0, 0.05) is 25.7 Å². The molecule has 0 spiro atoms. The summed E-state index contributed by atoms with van der Waals surface area (Å²) in [6.45, 7) is 1.18. The number of carbonyl (C=O) groups excluding carboxylic acids is 1. The van der Waals surface area contributed by atoms with E-state index in [1.54, 1.807) is 17.2 Å². The van der Waals surface area contributed by atoms with E-state index >= 15 is 0 Å². The molecule has 2 atom stereocenters. The quantitative estimate of drug-likeness (QED) is 0.641. The molecule has 5 rings (SSSR count). The maximum Gasteiger partial charge on any atom is 0.244 e. The van der Waals surface area contributed by atoms with Crippen molar-refractivity contribution in [3.8, 4) is 5.75 Å². The SMILES string of the molecule is O=C1C2CC(CN2Cc2ccc(F)c(F)c2)Oc2ccccc2N1Cc1ccccn1. The number of pyridine rings is 1. The van der Waals surface area contributed by atoms with Gasteiger partial charge in [-0.1, -0.05) is 24.3 Å². The summed E-state index contributed by atoms with van der Waals surface area (Å²) in [5, 5.41) is 0. The summed E-state index contributed by atoms with van der Waals surface area (Å²) in [5.74, 6) is -1.16. The highest BCUT2D eigenvalue weighted by molar-refractivity contribution is 5.99.